The number of anilines is 3. The molecule has 2 saturated heterocycles. The fourth-order valence-electron chi connectivity index (χ4n) is 4.30. The molecule has 1 atom stereocenters. The Morgan fingerprint density at radius 1 is 1.20 bits per heavy atom. The molecule has 3 fully saturated rings. The van der Waals surface area contributed by atoms with Crippen LogP contribution in [0.15, 0.2) is 18.3 Å². The molecule has 0 unspecified atom stereocenters. The van der Waals surface area contributed by atoms with E-state index in [-0.39, 0.29) is 0 Å². The van der Waals surface area contributed by atoms with Gasteiger partial charge in [0.2, 0.25) is 5.95 Å². The van der Waals surface area contributed by atoms with E-state index in [4.69, 9.17) is 4.98 Å². The van der Waals surface area contributed by atoms with Gasteiger partial charge in [0.05, 0.1) is 0 Å². The number of likely N-dealkylation sites (tertiary alicyclic amines) is 1. The highest BCUT2D eigenvalue weighted by atomic mass is 15.3. The highest BCUT2D eigenvalue weighted by Gasteiger charge is 2.43. The van der Waals surface area contributed by atoms with Crippen LogP contribution in [0, 0.1) is 5.41 Å². The van der Waals surface area contributed by atoms with Crippen LogP contribution in [0.2, 0.25) is 0 Å². The number of nitrogens with one attached hydrogen (secondary N) is 2. The van der Waals surface area contributed by atoms with Crippen molar-refractivity contribution in [3.63, 3.8) is 0 Å². The van der Waals surface area contributed by atoms with Crippen LogP contribution >= 0.6 is 0 Å². The number of hydrogen-bond acceptors (Lipinski definition) is 6. The van der Waals surface area contributed by atoms with Crippen LogP contribution in [0.1, 0.15) is 37.3 Å². The van der Waals surface area contributed by atoms with Gasteiger partial charge in [0.25, 0.3) is 0 Å². The lowest BCUT2D eigenvalue weighted by molar-refractivity contribution is 0.312. The highest BCUT2D eigenvalue weighted by Crippen LogP contribution is 2.40. The summed E-state index contributed by atoms with van der Waals surface area (Å²) in [6.07, 6.45) is 6.90. The Balaban J connectivity index is 1.29. The molecule has 1 saturated carbocycles. The van der Waals surface area contributed by atoms with Crippen molar-refractivity contribution in [2.75, 3.05) is 43.4 Å². The molecule has 7 heteroatoms. The second-order valence-electron chi connectivity index (χ2n) is 8.01. The zero-order valence-electron chi connectivity index (χ0n) is 14.7. The Bertz CT molecular complexity index is 768. The number of hydrogen-bond donors (Lipinski definition) is 2. The van der Waals surface area contributed by atoms with Gasteiger partial charge in [0.15, 0.2) is 5.82 Å². The van der Waals surface area contributed by atoms with Crippen LogP contribution in [0.25, 0.3) is 0 Å². The van der Waals surface area contributed by atoms with Gasteiger partial charge in [-0.05, 0) is 45.3 Å². The summed E-state index contributed by atoms with van der Waals surface area (Å²) in [6, 6.07) is 4.00. The third kappa shape index (κ3) is 2.97. The maximum atomic E-state index is 4.73. The average Bonchev–Trinajstić information content (AvgIpc) is 3.05. The number of nitrogens with zero attached hydrogens (tertiary/aromatic N) is 5. The third-order valence-corrected chi connectivity index (χ3v) is 5.86. The van der Waals surface area contributed by atoms with Gasteiger partial charge in [0, 0.05) is 48.9 Å². The third-order valence-electron chi connectivity index (χ3n) is 5.86. The Hall–Kier alpha value is -2.15. The van der Waals surface area contributed by atoms with Crippen molar-refractivity contribution < 1.29 is 0 Å². The van der Waals surface area contributed by atoms with E-state index in [1.165, 1.54) is 44.5 Å². The summed E-state index contributed by atoms with van der Waals surface area (Å²) in [6.45, 7) is 4.51. The second-order valence-corrected chi connectivity index (χ2v) is 8.01. The van der Waals surface area contributed by atoms with Gasteiger partial charge in [-0.25, -0.2) is 4.98 Å². The van der Waals surface area contributed by atoms with Gasteiger partial charge in [-0.2, -0.15) is 10.1 Å². The maximum Gasteiger partial charge on any atom is 0.227 e. The first-order valence-electron chi connectivity index (χ1n) is 9.28. The van der Waals surface area contributed by atoms with E-state index in [2.05, 4.69) is 43.4 Å². The number of H-pyrrole nitrogens is 1. The van der Waals surface area contributed by atoms with Gasteiger partial charge >= 0.3 is 0 Å². The van der Waals surface area contributed by atoms with Crippen LogP contribution in [-0.4, -0.2) is 58.3 Å². The van der Waals surface area contributed by atoms with E-state index in [9.17, 15) is 0 Å². The molecule has 0 amide bonds. The molecule has 0 radical (unpaired) electrons. The standard InChI is InChI=1S/C18H25N7/c1-24-8-5-18(11-24)6-9-25(12-18)17-19-7-4-15(21-17)20-16-10-14(22-23-16)13-2-3-13/h4,7,10,13H,2-3,5-6,8-9,11-12H2,1H3,(H2,19,20,21,22,23)/t18-/m0/s1. The van der Waals surface area contributed by atoms with E-state index in [1.54, 1.807) is 0 Å². The number of aromatic amines is 1. The van der Waals surface area contributed by atoms with Gasteiger partial charge in [-0.3, -0.25) is 5.10 Å². The molecular weight excluding hydrogens is 314 g/mol. The smallest absolute Gasteiger partial charge is 0.227 e. The Kier molecular flexibility index (Phi) is 3.45. The van der Waals surface area contributed by atoms with Crippen molar-refractivity contribution in [3.8, 4) is 0 Å². The van der Waals surface area contributed by atoms with Crippen molar-refractivity contribution in [1.29, 1.82) is 0 Å². The Morgan fingerprint density at radius 2 is 2.08 bits per heavy atom. The lowest BCUT2D eigenvalue weighted by Gasteiger charge is -2.23. The van der Waals surface area contributed by atoms with Crippen LogP contribution in [0.4, 0.5) is 17.6 Å². The van der Waals surface area contributed by atoms with Crippen molar-refractivity contribution in [1.82, 2.24) is 25.1 Å². The minimum atomic E-state index is 0.433. The molecule has 2 N–H and O–H groups in total. The molecule has 5 rings (SSSR count). The molecule has 0 bridgehead atoms. The van der Waals surface area contributed by atoms with Crippen molar-refractivity contribution in [2.45, 2.75) is 31.6 Å². The molecule has 2 aromatic rings. The number of rotatable bonds is 4. The minimum absolute atomic E-state index is 0.433. The highest BCUT2D eigenvalue weighted by molar-refractivity contribution is 5.54. The molecule has 7 nitrogen and oxygen atoms in total. The summed E-state index contributed by atoms with van der Waals surface area (Å²) in [5, 5.41) is 10.8. The molecule has 1 spiro atoms. The van der Waals surface area contributed by atoms with Crippen LogP contribution < -0.4 is 10.2 Å². The first-order chi connectivity index (χ1) is 12.2. The summed E-state index contributed by atoms with van der Waals surface area (Å²) >= 11 is 0. The lowest BCUT2D eigenvalue weighted by atomic mass is 9.86. The molecule has 132 valence electrons. The average molecular weight is 339 g/mol. The van der Waals surface area contributed by atoms with Gasteiger partial charge in [0.1, 0.15) is 5.82 Å². The molecule has 25 heavy (non-hydrogen) atoms. The molecule has 0 aromatic carbocycles. The molecule has 4 heterocycles. The Labute approximate surface area is 147 Å². The fraction of sp³-hybridized carbons (Fsp3) is 0.611. The van der Waals surface area contributed by atoms with Crippen LogP contribution in [0.5, 0.6) is 0 Å². The fourth-order valence-corrected chi connectivity index (χ4v) is 4.30. The Morgan fingerprint density at radius 3 is 2.88 bits per heavy atom. The summed E-state index contributed by atoms with van der Waals surface area (Å²) in [5.74, 6) is 3.15. The van der Waals surface area contributed by atoms with E-state index in [1.807, 2.05) is 12.3 Å². The quantitative estimate of drug-likeness (QED) is 0.891. The minimum Gasteiger partial charge on any atom is -0.340 e. The number of aromatic nitrogens is 4. The molecule has 1 aliphatic carbocycles. The second kappa shape index (κ2) is 5.69. The predicted octanol–water partition coefficient (Wildman–Crippen LogP) is 2.35. The zero-order valence-corrected chi connectivity index (χ0v) is 14.7. The topological polar surface area (TPSA) is 73.0 Å². The normalized spacial score (nSPS) is 26.7. The maximum absolute atomic E-state index is 4.73. The SMILES string of the molecule is CN1CC[C@]2(CCN(c3nccc(Nc4cc(C5CC5)[nH]n4)n3)C2)C1. The molecule has 2 aliphatic heterocycles. The molecule has 2 aromatic heterocycles. The van der Waals surface area contributed by atoms with Gasteiger partial charge in [-0.15, -0.1) is 0 Å². The molecule has 3 aliphatic rings. The van der Waals surface area contributed by atoms with Gasteiger partial charge in [-0.1, -0.05) is 0 Å². The van der Waals surface area contributed by atoms with Crippen molar-refractivity contribution in [3.05, 3.63) is 24.0 Å². The predicted molar refractivity (Wildman–Crippen MR) is 97.3 cm³/mol. The summed E-state index contributed by atoms with van der Waals surface area (Å²) in [4.78, 5) is 14.0. The first-order valence-corrected chi connectivity index (χ1v) is 9.28. The van der Waals surface area contributed by atoms with E-state index in [0.29, 0.717) is 11.3 Å². The summed E-state index contributed by atoms with van der Waals surface area (Å²) in [5.41, 5.74) is 1.66. The van der Waals surface area contributed by atoms with Gasteiger partial charge < -0.3 is 15.1 Å². The van der Waals surface area contributed by atoms with E-state index < -0.39 is 0 Å². The summed E-state index contributed by atoms with van der Waals surface area (Å²) < 4.78 is 0. The van der Waals surface area contributed by atoms with Crippen LogP contribution in [-0.2, 0) is 0 Å². The van der Waals surface area contributed by atoms with Crippen molar-refractivity contribution in [2.24, 2.45) is 5.41 Å². The van der Waals surface area contributed by atoms with Crippen LogP contribution in [0.3, 0.4) is 0 Å². The first kappa shape index (κ1) is 15.1. The van der Waals surface area contributed by atoms with E-state index >= 15 is 0 Å². The van der Waals surface area contributed by atoms with E-state index in [0.717, 1.165) is 30.7 Å². The van der Waals surface area contributed by atoms with Crippen molar-refractivity contribution >= 4 is 17.6 Å². The monoisotopic (exact) mass is 339 g/mol. The summed E-state index contributed by atoms with van der Waals surface area (Å²) in [7, 11) is 2.22. The lowest BCUT2D eigenvalue weighted by Crippen LogP contribution is -2.30. The largest absolute Gasteiger partial charge is 0.340 e. The zero-order chi connectivity index (χ0) is 16.9. The molecular formula is C18H25N7.